The predicted molar refractivity (Wildman–Crippen MR) is 47.8 cm³/mol. The smallest absolute Gasteiger partial charge is 0.339 e. The highest BCUT2D eigenvalue weighted by molar-refractivity contribution is 5.89. The summed E-state index contributed by atoms with van der Waals surface area (Å²) in [6, 6.07) is 1.43. The molecule has 0 saturated carbocycles. The Labute approximate surface area is 85.1 Å². The van der Waals surface area contributed by atoms with E-state index in [-0.39, 0.29) is 24.1 Å². The largest absolute Gasteiger partial charge is 0.465 e. The van der Waals surface area contributed by atoms with Crippen molar-refractivity contribution in [2.75, 3.05) is 7.11 Å². The second kappa shape index (κ2) is 3.25. The summed E-state index contributed by atoms with van der Waals surface area (Å²) in [6.07, 6.45) is 1.14. The first-order valence-corrected chi connectivity index (χ1v) is 4.50. The van der Waals surface area contributed by atoms with Crippen molar-refractivity contribution in [3.63, 3.8) is 0 Å². The number of hydrogen-bond acceptors (Lipinski definition) is 3. The summed E-state index contributed by atoms with van der Waals surface area (Å²) in [5.74, 6) is -3.41. The zero-order chi connectivity index (χ0) is 11.1. The Morgan fingerprint density at radius 1 is 1.60 bits per heavy atom. The number of esters is 1. The van der Waals surface area contributed by atoms with Crippen LogP contribution in [-0.2, 0) is 17.1 Å². The first-order valence-electron chi connectivity index (χ1n) is 4.50. The molecule has 5 heteroatoms. The molecule has 0 radical (unpaired) electrons. The molecule has 0 aromatic carbocycles. The van der Waals surface area contributed by atoms with Crippen molar-refractivity contribution in [2.45, 2.75) is 18.8 Å². The molecule has 0 aliphatic heterocycles. The Balaban J connectivity index is 2.42. The highest BCUT2D eigenvalue weighted by Crippen LogP contribution is 2.40. The highest BCUT2D eigenvalue weighted by Gasteiger charge is 2.40. The quantitative estimate of drug-likeness (QED) is 0.669. The van der Waals surface area contributed by atoms with E-state index < -0.39 is 11.9 Å². The third-order valence-corrected chi connectivity index (χ3v) is 2.44. The van der Waals surface area contributed by atoms with Crippen LogP contribution in [0.5, 0.6) is 0 Å². The molecule has 0 fully saturated rings. The number of carbonyl (C=O) groups is 1. The van der Waals surface area contributed by atoms with Gasteiger partial charge < -0.3 is 4.74 Å². The number of fused-ring (bicyclic) bond motifs is 1. The Morgan fingerprint density at radius 3 is 3.00 bits per heavy atom. The van der Waals surface area contributed by atoms with Gasteiger partial charge in [0.15, 0.2) is 0 Å². The number of halogens is 2. The van der Waals surface area contributed by atoms with Gasteiger partial charge in [-0.25, -0.2) is 4.79 Å². The first kappa shape index (κ1) is 10.0. The molecule has 0 amide bonds. The van der Waals surface area contributed by atoms with Crippen LogP contribution >= 0.6 is 0 Å². The molecule has 0 spiro atoms. The number of ether oxygens (including phenoxy) is 1. The Bertz CT molecular complexity index is 418. The number of hydrogen-bond donors (Lipinski definition) is 0. The topological polar surface area (TPSA) is 39.2 Å². The molecule has 80 valence electrons. The van der Waals surface area contributed by atoms with Crippen molar-refractivity contribution in [3.8, 4) is 0 Å². The summed E-state index contributed by atoms with van der Waals surface area (Å²) >= 11 is 0. The van der Waals surface area contributed by atoms with Gasteiger partial charge in [-0.3, -0.25) is 4.98 Å². The van der Waals surface area contributed by atoms with Crippen LogP contribution in [0.2, 0.25) is 0 Å². The van der Waals surface area contributed by atoms with Crippen LogP contribution in [0, 0.1) is 0 Å². The van der Waals surface area contributed by atoms with Gasteiger partial charge in [-0.1, -0.05) is 0 Å². The lowest BCUT2D eigenvalue weighted by Gasteiger charge is -2.08. The number of methoxy groups -OCH3 is 1. The molecule has 0 unspecified atom stereocenters. The number of nitrogens with zero attached hydrogens (tertiary/aromatic N) is 1. The number of aromatic nitrogens is 1. The van der Waals surface area contributed by atoms with Gasteiger partial charge in [-0.15, -0.1) is 0 Å². The number of carbonyl (C=O) groups excluding carboxylic acids is 1. The van der Waals surface area contributed by atoms with Gasteiger partial charge in [0, 0.05) is 12.6 Å². The van der Waals surface area contributed by atoms with E-state index in [0.717, 1.165) is 6.20 Å². The molecule has 0 bridgehead atoms. The van der Waals surface area contributed by atoms with E-state index in [0.29, 0.717) is 5.56 Å². The first-order chi connectivity index (χ1) is 7.04. The van der Waals surface area contributed by atoms with Crippen LogP contribution in [0.3, 0.4) is 0 Å². The maximum atomic E-state index is 13.2. The molecule has 1 aliphatic rings. The second-order valence-corrected chi connectivity index (χ2v) is 3.43. The van der Waals surface area contributed by atoms with Crippen LogP contribution in [0.15, 0.2) is 12.3 Å². The summed E-state index contributed by atoms with van der Waals surface area (Å²) in [5, 5.41) is 0. The van der Waals surface area contributed by atoms with E-state index >= 15 is 0 Å². The number of rotatable bonds is 1. The molecular formula is C10H9F2NO2. The Hall–Kier alpha value is -1.52. The maximum Gasteiger partial charge on any atom is 0.339 e. The van der Waals surface area contributed by atoms with Crippen molar-refractivity contribution in [1.29, 1.82) is 0 Å². The fraction of sp³-hybridized carbons (Fsp3) is 0.400. The predicted octanol–water partition coefficient (Wildman–Crippen LogP) is 1.91. The average molecular weight is 213 g/mol. The number of alkyl halides is 2. The maximum absolute atomic E-state index is 13.2. The molecule has 0 saturated heterocycles. The molecule has 3 nitrogen and oxygen atoms in total. The summed E-state index contributed by atoms with van der Waals surface area (Å²) in [6.45, 7) is 0. The van der Waals surface area contributed by atoms with E-state index in [4.69, 9.17) is 0 Å². The molecule has 0 atom stereocenters. The second-order valence-electron chi connectivity index (χ2n) is 3.43. The lowest BCUT2D eigenvalue weighted by atomic mass is 10.1. The minimum atomic E-state index is -2.86. The normalized spacial score (nSPS) is 17.3. The van der Waals surface area contributed by atoms with Crippen molar-refractivity contribution >= 4 is 5.97 Å². The summed E-state index contributed by atoms with van der Waals surface area (Å²) < 4.78 is 30.8. The lowest BCUT2D eigenvalue weighted by Crippen LogP contribution is -2.11. The SMILES string of the molecule is COC(=O)c1cnc2c(c1)CCC2(F)F. The van der Waals surface area contributed by atoms with E-state index in [1.807, 2.05) is 0 Å². The van der Waals surface area contributed by atoms with Gasteiger partial charge in [0.2, 0.25) is 0 Å². The summed E-state index contributed by atoms with van der Waals surface area (Å²) in [4.78, 5) is 14.8. The van der Waals surface area contributed by atoms with Gasteiger partial charge >= 0.3 is 5.97 Å². The highest BCUT2D eigenvalue weighted by atomic mass is 19.3. The monoisotopic (exact) mass is 213 g/mol. The summed E-state index contributed by atoms with van der Waals surface area (Å²) in [5.41, 5.74) is 0.437. The zero-order valence-corrected chi connectivity index (χ0v) is 8.09. The van der Waals surface area contributed by atoms with E-state index in [9.17, 15) is 13.6 Å². The van der Waals surface area contributed by atoms with Gasteiger partial charge in [-0.2, -0.15) is 8.78 Å². The van der Waals surface area contributed by atoms with Crippen molar-refractivity contribution in [3.05, 3.63) is 29.1 Å². The van der Waals surface area contributed by atoms with Crippen LogP contribution in [0.25, 0.3) is 0 Å². The van der Waals surface area contributed by atoms with Crippen LogP contribution in [0.4, 0.5) is 8.78 Å². The Kier molecular flexibility index (Phi) is 2.17. The zero-order valence-electron chi connectivity index (χ0n) is 8.09. The molecule has 15 heavy (non-hydrogen) atoms. The average Bonchev–Trinajstić information content (AvgIpc) is 2.53. The van der Waals surface area contributed by atoms with E-state index in [1.165, 1.54) is 13.2 Å². The third kappa shape index (κ3) is 1.58. The van der Waals surface area contributed by atoms with Crippen LogP contribution in [-0.4, -0.2) is 18.1 Å². The molecule has 1 aliphatic carbocycles. The van der Waals surface area contributed by atoms with Crippen LogP contribution < -0.4 is 0 Å². The third-order valence-electron chi connectivity index (χ3n) is 2.44. The molecule has 0 N–H and O–H groups in total. The molecule has 2 rings (SSSR count). The minimum absolute atomic E-state index is 0.213. The fourth-order valence-electron chi connectivity index (χ4n) is 1.67. The van der Waals surface area contributed by atoms with Gasteiger partial charge in [-0.05, 0) is 18.1 Å². The fourth-order valence-corrected chi connectivity index (χ4v) is 1.67. The van der Waals surface area contributed by atoms with Crippen molar-refractivity contribution < 1.29 is 18.3 Å². The number of pyridine rings is 1. The lowest BCUT2D eigenvalue weighted by molar-refractivity contribution is -0.00597. The van der Waals surface area contributed by atoms with Crippen molar-refractivity contribution in [1.82, 2.24) is 4.98 Å². The number of aryl methyl sites for hydroxylation is 1. The van der Waals surface area contributed by atoms with Gasteiger partial charge in [0.05, 0.1) is 12.7 Å². The van der Waals surface area contributed by atoms with E-state index in [2.05, 4.69) is 9.72 Å². The molecular weight excluding hydrogens is 204 g/mol. The summed E-state index contributed by atoms with van der Waals surface area (Å²) in [7, 11) is 1.24. The van der Waals surface area contributed by atoms with Gasteiger partial charge in [0.25, 0.3) is 5.92 Å². The molecule has 1 aromatic heterocycles. The van der Waals surface area contributed by atoms with E-state index in [1.54, 1.807) is 0 Å². The van der Waals surface area contributed by atoms with Crippen molar-refractivity contribution in [2.24, 2.45) is 0 Å². The van der Waals surface area contributed by atoms with Crippen LogP contribution in [0.1, 0.15) is 28.0 Å². The minimum Gasteiger partial charge on any atom is -0.465 e. The molecule has 1 aromatic rings. The Morgan fingerprint density at radius 2 is 2.33 bits per heavy atom. The van der Waals surface area contributed by atoms with Gasteiger partial charge in [0.1, 0.15) is 5.69 Å². The standard InChI is InChI=1S/C10H9F2NO2/c1-15-9(14)7-4-6-2-3-10(11,12)8(6)13-5-7/h4-5H,2-3H2,1H3. The molecule has 1 heterocycles.